The van der Waals surface area contributed by atoms with Crippen molar-refractivity contribution in [2.45, 2.75) is 26.2 Å². The highest BCUT2D eigenvalue weighted by Crippen LogP contribution is 2.26. The maximum Gasteiger partial charge on any atom is 0.169 e. The zero-order valence-electron chi connectivity index (χ0n) is 11.2. The molecule has 1 heterocycles. The normalized spacial score (nSPS) is 16.6. The summed E-state index contributed by atoms with van der Waals surface area (Å²) in [5.41, 5.74) is 1.94. The molecule has 0 amide bonds. The number of nitrogens with one attached hydrogen (secondary N) is 1. The van der Waals surface area contributed by atoms with Crippen molar-refractivity contribution in [2.24, 2.45) is 5.92 Å². The first-order valence-corrected chi connectivity index (χ1v) is 6.68. The van der Waals surface area contributed by atoms with Gasteiger partial charge in [0.05, 0.1) is 12.7 Å². The Kier molecular flexibility index (Phi) is 4.37. The summed E-state index contributed by atoms with van der Waals surface area (Å²) >= 11 is 0. The van der Waals surface area contributed by atoms with Crippen molar-refractivity contribution in [1.82, 2.24) is 5.32 Å². The monoisotopic (exact) mass is 247 g/mol. The highest BCUT2D eigenvalue weighted by Gasteiger charge is 2.24. The van der Waals surface area contributed by atoms with Crippen LogP contribution in [0.3, 0.4) is 0 Å². The highest BCUT2D eigenvalue weighted by atomic mass is 16.5. The lowest BCUT2D eigenvalue weighted by Gasteiger charge is -2.22. The second-order valence-corrected chi connectivity index (χ2v) is 4.78. The van der Waals surface area contributed by atoms with E-state index in [1.54, 1.807) is 7.11 Å². The minimum Gasteiger partial charge on any atom is -0.496 e. The van der Waals surface area contributed by atoms with Crippen molar-refractivity contribution in [3.8, 4) is 5.75 Å². The fraction of sp³-hybridized carbons (Fsp3) is 0.533. The van der Waals surface area contributed by atoms with Gasteiger partial charge in [-0.15, -0.1) is 0 Å². The van der Waals surface area contributed by atoms with E-state index in [1.807, 2.05) is 18.2 Å². The molecule has 18 heavy (non-hydrogen) atoms. The van der Waals surface area contributed by atoms with Crippen molar-refractivity contribution < 1.29 is 9.53 Å². The Hall–Kier alpha value is -1.35. The molecule has 1 aliphatic heterocycles. The molecule has 2 rings (SSSR count). The second-order valence-electron chi connectivity index (χ2n) is 4.78. The van der Waals surface area contributed by atoms with Crippen LogP contribution in [0.2, 0.25) is 0 Å². The molecule has 1 aromatic rings. The lowest BCUT2D eigenvalue weighted by Crippen LogP contribution is -2.32. The number of methoxy groups -OCH3 is 1. The van der Waals surface area contributed by atoms with E-state index in [9.17, 15) is 4.79 Å². The Bertz CT molecular complexity index is 423. The second kappa shape index (κ2) is 6.01. The first-order chi connectivity index (χ1) is 8.76. The molecule has 0 spiro atoms. The average Bonchev–Trinajstić information content (AvgIpc) is 2.46. The van der Waals surface area contributed by atoms with Gasteiger partial charge in [0.25, 0.3) is 0 Å². The van der Waals surface area contributed by atoms with E-state index in [0.717, 1.165) is 37.9 Å². The maximum atomic E-state index is 12.5. The maximum absolute atomic E-state index is 12.5. The summed E-state index contributed by atoms with van der Waals surface area (Å²) in [7, 11) is 1.63. The summed E-state index contributed by atoms with van der Waals surface area (Å²) < 4.78 is 5.32. The molecule has 0 aromatic heterocycles. The summed E-state index contributed by atoms with van der Waals surface area (Å²) in [6.45, 7) is 3.97. The third-order valence-electron chi connectivity index (χ3n) is 3.65. The van der Waals surface area contributed by atoms with E-state index in [1.165, 1.54) is 5.56 Å². The lowest BCUT2D eigenvalue weighted by molar-refractivity contribution is 0.0892. The SMILES string of the molecule is CCc1ccc(OC)c(C(=O)C2CCNCC2)c1. The van der Waals surface area contributed by atoms with Gasteiger partial charge in [0.2, 0.25) is 0 Å². The van der Waals surface area contributed by atoms with Crippen molar-refractivity contribution in [2.75, 3.05) is 20.2 Å². The van der Waals surface area contributed by atoms with E-state index in [4.69, 9.17) is 4.74 Å². The molecular weight excluding hydrogens is 226 g/mol. The van der Waals surface area contributed by atoms with E-state index in [0.29, 0.717) is 5.75 Å². The largest absolute Gasteiger partial charge is 0.496 e. The highest BCUT2D eigenvalue weighted by molar-refractivity contribution is 6.00. The van der Waals surface area contributed by atoms with Crippen molar-refractivity contribution >= 4 is 5.78 Å². The molecule has 0 radical (unpaired) electrons. The topological polar surface area (TPSA) is 38.3 Å². The molecule has 1 N–H and O–H groups in total. The Balaban J connectivity index is 2.26. The summed E-state index contributed by atoms with van der Waals surface area (Å²) in [6.07, 6.45) is 2.80. The molecule has 0 saturated carbocycles. The van der Waals surface area contributed by atoms with Crippen LogP contribution in [0.4, 0.5) is 0 Å². The van der Waals surface area contributed by atoms with Crippen LogP contribution in [-0.2, 0) is 6.42 Å². The van der Waals surface area contributed by atoms with Crippen molar-refractivity contribution in [1.29, 1.82) is 0 Å². The first kappa shape index (κ1) is 13.1. The van der Waals surface area contributed by atoms with Gasteiger partial charge in [0.1, 0.15) is 5.75 Å². The third-order valence-corrected chi connectivity index (χ3v) is 3.65. The summed E-state index contributed by atoms with van der Waals surface area (Å²) in [6, 6.07) is 5.92. The number of hydrogen-bond donors (Lipinski definition) is 1. The zero-order chi connectivity index (χ0) is 13.0. The summed E-state index contributed by atoms with van der Waals surface area (Å²) in [5, 5.41) is 3.29. The van der Waals surface area contributed by atoms with Crippen LogP contribution in [0.25, 0.3) is 0 Å². The molecule has 1 fully saturated rings. The standard InChI is InChI=1S/C15H21NO2/c1-3-11-4-5-14(18-2)13(10-11)15(17)12-6-8-16-9-7-12/h4-5,10,12,16H,3,6-9H2,1-2H3. The predicted octanol–water partition coefficient (Wildman–Crippen LogP) is 2.44. The van der Waals surface area contributed by atoms with Gasteiger partial charge in [-0.05, 0) is 50.0 Å². The van der Waals surface area contributed by atoms with Gasteiger partial charge in [-0.25, -0.2) is 0 Å². The molecule has 0 bridgehead atoms. The molecule has 1 aliphatic rings. The van der Waals surface area contributed by atoms with Crippen LogP contribution in [0.15, 0.2) is 18.2 Å². The van der Waals surface area contributed by atoms with Crippen LogP contribution in [0, 0.1) is 5.92 Å². The average molecular weight is 247 g/mol. The quantitative estimate of drug-likeness (QED) is 0.830. The van der Waals surface area contributed by atoms with Gasteiger partial charge >= 0.3 is 0 Å². The Labute approximate surface area is 109 Å². The number of rotatable bonds is 4. The number of piperidine rings is 1. The minimum atomic E-state index is 0.146. The molecule has 3 nitrogen and oxygen atoms in total. The van der Waals surface area contributed by atoms with E-state index in [2.05, 4.69) is 12.2 Å². The van der Waals surface area contributed by atoms with E-state index in [-0.39, 0.29) is 11.7 Å². The Morgan fingerprint density at radius 3 is 2.72 bits per heavy atom. The molecule has 0 aliphatic carbocycles. The Morgan fingerprint density at radius 2 is 2.11 bits per heavy atom. The van der Waals surface area contributed by atoms with Crippen molar-refractivity contribution in [3.05, 3.63) is 29.3 Å². The molecule has 1 saturated heterocycles. The van der Waals surface area contributed by atoms with Crippen molar-refractivity contribution in [3.63, 3.8) is 0 Å². The van der Waals surface area contributed by atoms with Gasteiger partial charge in [0.15, 0.2) is 5.78 Å². The van der Waals surface area contributed by atoms with Crippen LogP contribution < -0.4 is 10.1 Å². The summed E-state index contributed by atoms with van der Waals surface area (Å²) in [5.74, 6) is 1.09. The smallest absolute Gasteiger partial charge is 0.169 e. The third kappa shape index (κ3) is 2.72. The number of hydrogen-bond acceptors (Lipinski definition) is 3. The van der Waals surface area contributed by atoms with Gasteiger partial charge in [-0.3, -0.25) is 4.79 Å². The number of carbonyl (C=O) groups is 1. The van der Waals surface area contributed by atoms with Crippen LogP contribution in [0.5, 0.6) is 5.75 Å². The lowest BCUT2D eigenvalue weighted by atomic mass is 9.88. The van der Waals surface area contributed by atoms with Gasteiger partial charge < -0.3 is 10.1 Å². The van der Waals surface area contributed by atoms with Crippen LogP contribution in [-0.4, -0.2) is 26.0 Å². The molecule has 0 unspecified atom stereocenters. The fourth-order valence-electron chi connectivity index (χ4n) is 2.47. The predicted molar refractivity (Wildman–Crippen MR) is 72.3 cm³/mol. The Morgan fingerprint density at radius 1 is 1.39 bits per heavy atom. The van der Waals surface area contributed by atoms with Crippen LogP contribution >= 0.6 is 0 Å². The first-order valence-electron chi connectivity index (χ1n) is 6.68. The van der Waals surface area contributed by atoms with Gasteiger partial charge in [-0.1, -0.05) is 13.0 Å². The molecule has 0 atom stereocenters. The number of aryl methyl sites for hydroxylation is 1. The van der Waals surface area contributed by atoms with Gasteiger partial charge in [-0.2, -0.15) is 0 Å². The minimum absolute atomic E-state index is 0.146. The molecule has 98 valence electrons. The number of benzene rings is 1. The number of carbonyl (C=O) groups excluding carboxylic acids is 1. The zero-order valence-corrected chi connectivity index (χ0v) is 11.2. The van der Waals surface area contributed by atoms with Crippen LogP contribution in [0.1, 0.15) is 35.7 Å². The number of ether oxygens (including phenoxy) is 1. The molecule has 3 heteroatoms. The van der Waals surface area contributed by atoms with E-state index < -0.39 is 0 Å². The fourth-order valence-corrected chi connectivity index (χ4v) is 2.47. The number of Topliss-reactive ketones (excluding diaryl/α,β-unsaturated/α-hetero) is 1. The number of ketones is 1. The van der Waals surface area contributed by atoms with Gasteiger partial charge in [0, 0.05) is 5.92 Å². The molecular formula is C15H21NO2. The summed E-state index contributed by atoms with van der Waals surface area (Å²) in [4.78, 5) is 12.5. The molecule has 1 aromatic carbocycles. The van der Waals surface area contributed by atoms with E-state index >= 15 is 0 Å².